The van der Waals surface area contributed by atoms with Gasteiger partial charge in [0, 0.05) is 32.5 Å². The van der Waals surface area contributed by atoms with E-state index in [0.717, 1.165) is 77.0 Å². The zero-order valence-corrected chi connectivity index (χ0v) is 46.9. The van der Waals surface area contributed by atoms with E-state index in [2.05, 4.69) is 47.7 Å². The molecular weight excluding hydrogens is 1010 g/mol. The van der Waals surface area contributed by atoms with E-state index in [0.29, 0.717) is 12.8 Å². The highest BCUT2D eigenvalue weighted by Crippen LogP contribution is 2.40. The number of nitrogens with zero attached hydrogens (tertiary/aromatic N) is 1. The number of amides is 1. The number of aliphatic hydroxyl groups is 6. The molecule has 21 heteroatoms. The molecule has 0 radical (unpaired) electrons. The summed E-state index contributed by atoms with van der Waals surface area (Å²) in [5.41, 5.74) is 0. The molecule has 0 aromatic rings. The van der Waals surface area contributed by atoms with Gasteiger partial charge in [-0.3, -0.25) is 32.3 Å². The second-order valence-electron chi connectivity index (χ2n) is 20.5. The first kappa shape index (κ1) is 69.6. The fourth-order valence-corrected chi connectivity index (χ4v) is 9.88. The summed E-state index contributed by atoms with van der Waals surface area (Å²) >= 11 is -4.70. The Balaban J connectivity index is 1.83. The summed E-state index contributed by atoms with van der Waals surface area (Å²) in [6.07, 6.45) is 23.6. The van der Waals surface area contributed by atoms with Crippen molar-refractivity contribution in [1.82, 2.24) is 10.2 Å². The van der Waals surface area contributed by atoms with E-state index in [1.807, 2.05) is 0 Å². The third-order valence-electron chi connectivity index (χ3n) is 13.9. The summed E-state index contributed by atoms with van der Waals surface area (Å²) in [6.45, 7) is 2.39. The summed E-state index contributed by atoms with van der Waals surface area (Å²) in [7, 11) is 0. The Morgan fingerprint density at radius 3 is 1.51 bits per heavy atom. The van der Waals surface area contributed by atoms with Gasteiger partial charge in [-0.15, -0.1) is 0 Å². The number of carbonyl (C=O) groups excluding carboxylic acids is 3. The lowest BCUT2D eigenvalue weighted by atomic mass is 9.93. The zero-order valence-electron chi connectivity index (χ0n) is 46.1. The monoisotopic (exact) mass is 1110 g/mol. The maximum Gasteiger partial charge on any atom is 0.407 e. The number of aliphatic hydroxyl groups excluding tert-OH is 6. The highest BCUT2D eigenvalue weighted by molar-refractivity contribution is 8.15. The Labute approximate surface area is 456 Å². The summed E-state index contributed by atoms with van der Waals surface area (Å²) in [5.74, 6) is -0.891. The van der Waals surface area contributed by atoms with Crippen LogP contribution < -0.4 is 5.32 Å². The van der Waals surface area contributed by atoms with E-state index in [1.165, 1.54) is 77.0 Å². The second kappa shape index (κ2) is 43.3. The molecule has 2 saturated heterocycles. The normalized spacial score (nSPS) is 23.7. The number of carbonyl (C=O) groups is 3. The number of hydrogen-bond donors (Lipinski definition) is 10. The number of nitrogens with one attached hydrogen (secondary N) is 1. The van der Waals surface area contributed by atoms with Gasteiger partial charge in [-0.1, -0.05) is 141 Å². The number of likely N-dealkylation sites (tertiary alicyclic amines) is 1. The molecule has 9 atom stereocenters. The number of alkyl carbamates (subject to hydrolysis) is 1. The highest BCUT2D eigenvalue weighted by Gasteiger charge is 2.51. The molecule has 446 valence electrons. The molecule has 0 aromatic heterocycles. The summed E-state index contributed by atoms with van der Waals surface area (Å²) in [4.78, 5) is 40.0. The second-order valence-corrected chi connectivity index (χ2v) is 21.6. The summed E-state index contributed by atoms with van der Waals surface area (Å²) in [5, 5.41) is 65.9. The Kier molecular flexibility index (Phi) is 39.7. The van der Waals surface area contributed by atoms with Crippen LogP contribution in [0.15, 0.2) is 24.3 Å². The number of ether oxygens (including phenoxy) is 5. The first-order chi connectivity index (χ1) is 36.6. The third-order valence-corrected chi connectivity index (χ3v) is 14.3. The van der Waals surface area contributed by atoms with Crippen molar-refractivity contribution in [3.63, 3.8) is 0 Å². The quantitative estimate of drug-likeness (QED) is 0.0118. The van der Waals surface area contributed by atoms with Gasteiger partial charge in [0.05, 0.1) is 25.4 Å². The molecule has 20 nitrogen and oxygen atoms in total. The van der Waals surface area contributed by atoms with Gasteiger partial charge in [0.1, 0.15) is 49.8 Å². The average molecular weight is 1110 g/mol. The lowest BCUT2D eigenvalue weighted by Crippen LogP contribution is -2.66. The van der Waals surface area contributed by atoms with Crippen molar-refractivity contribution in [2.75, 3.05) is 46.1 Å². The van der Waals surface area contributed by atoms with Gasteiger partial charge >= 0.3 is 18.0 Å². The number of hydrogen-bond acceptors (Lipinski definition) is 19. The van der Waals surface area contributed by atoms with Crippen LogP contribution >= 0.6 is 11.2 Å². The minimum absolute atomic E-state index is 0.0370. The summed E-state index contributed by atoms with van der Waals surface area (Å²) in [6, 6.07) is -1.02. The van der Waals surface area contributed by atoms with Gasteiger partial charge in [-0.2, -0.15) is 0 Å². The Morgan fingerprint density at radius 1 is 0.605 bits per heavy atom. The molecular formula is C55H102N2O18S. The van der Waals surface area contributed by atoms with Crippen LogP contribution in [0.3, 0.4) is 0 Å². The highest BCUT2D eigenvalue weighted by atomic mass is 32.3. The predicted octanol–water partition coefficient (Wildman–Crippen LogP) is 8.38. The molecule has 10 N–H and O–H groups in total. The standard InChI is InChI=1S/C55H102N2O18S/c1-3-5-7-9-11-13-15-17-19-21-23-25-27-29-31-34-47(61)70-41-43(42-71-48(62)35-32-30-28-26-24-22-20-18-16-14-12-10-8-6-4-2)72-55(66)56-36-33-37-57-38-45(60)52(49(63)44(57)39-58)74-54-51(65)53(75-76(67,68)69)50(64)46(40-59)73-54/h17-20,43-46,49-54,58-60,63-65,67-69H,3-16,21-42H2,1-2H3,(H,56,66)/b19-17-,20-18-/t44-,45+,46-,49-,50+,51-,52-,53+,54+/m1/s1. The molecule has 2 heterocycles. The zero-order chi connectivity index (χ0) is 55.8. The number of unbranched alkanes of at least 4 members (excludes halogenated alkanes) is 22. The number of allylic oxidation sites excluding steroid dienone is 4. The van der Waals surface area contributed by atoms with Crippen LogP contribution in [0.2, 0.25) is 0 Å². The van der Waals surface area contributed by atoms with Gasteiger partial charge in [-0.05, 0) is 70.6 Å². The fourth-order valence-electron chi connectivity index (χ4n) is 9.36. The molecule has 0 aliphatic carbocycles. The van der Waals surface area contributed by atoms with E-state index in [4.69, 9.17) is 23.7 Å². The van der Waals surface area contributed by atoms with E-state index in [9.17, 15) is 58.7 Å². The number of esters is 2. The van der Waals surface area contributed by atoms with Crippen molar-refractivity contribution in [2.45, 2.75) is 261 Å². The Bertz CT molecular complexity index is 1490. The SMILES string of the molecule is CCCCCCCC/C=C\CCCCCCCC(=O)OCC(COC(=O)CCCCCCC/C=C\CCCCCCCC)OC(=O)NCCCN1C[C@H](O)[C@@H](O[C@@H]2O[C@H](CO)[C@H](O)[C@H](OS(O)(O)O)[C@H]2O)[C@H](O)[C@H]1CO. The van der Waals surface area contributed by atoms with Crippen molar-refractivity contribution in [3.05, 3.63) is 24.3 Å². The molecule has 0 spiro atoms. The van der Waals surface area contributed by atoms with Crippen molar-refractivity contribution >= 4 is 29.2 Å². The largest absolute Gasteiger partial charge is 0.462 e. The minimum Gasteiger partial charge on any atom is -0.462 e. The minimum atomic E-state index is -4.70. The molecule has 76 heavy (non-hydrogen) atoms. The molecule has 1 amide bonds. The molecule has 2 aliphatic heterocycles. The molecule has 2 rings (SSSR count). The maximum atomic E-state index is 13.0. The van der Waals surface area contributed by atoms with E-state index >= 15 is 0 Å². The average Bonchev–Trinajstić information content (AvgIpc) is 3.39. The first-order valence-electron chi connectivity index (χ1n) is 28.9. The van der Waals surface area contributed by atoms with E-state index < -0.39 is 104 Å². The molecule has 0 unspecified atom stereocenters. The Morgan fingerprint density at radius 2 is 1.07 bits per heavy atom. The predicted molar refractivity (Wildman–Crippen MR) is 291 cm³/mol. The van der Waals surface area contributed by atoms with Crippen molar-refractivity contribution in [2.24, 2.45) is 0 Å². The van der Waals surface area contributed by atoms with Gasteiger partial charge < -0.3 is 59.6 Å². The number of piperidine rings is 1. The maximum absolute atomic E-state index is 13.0. The molecule has 2 aliphatic rings. The van der Waals surface area contributed by atoms with Crippen LogP contribution in [0, 0.1) is 0 Å². The van der Waals surface area contributed by atoms with E-state index in [-0.39, 0.29) is 52.1 Å². The van der Waals surface area contributed by atoms with Crippen LogP contribution in [0.4, 0.5) is 4.79 Å². The van der Waals surface area contributed by atoms with Crippen molar-refractivity contribution < 1.29 is 86.5 Å². The lowest BCUT2D eigenvalue weighted by molar-refractivity contribution is -0.327. The van der Waals surface area contributed by atoms with Crippen LogP contribution in [-0.4, -0.2) is 174 Å². The van der Waals surface area contributed by atoms with Gasteiger partial charge in [-0.25, -0.2) is 4.79 Å². The van der Waals surface area contributed by atoms with Gasteiger partial charge in [0.25, 0.3) is 0 Å². The summed E-state index contributed by atoms with van der Waals surface area (Å²) < 4.78 is 60.4. The number of β-amino-alcohol motifs (C(OH)–C–C–N with tert-alkyl or cyclic N) is 1. The van der Waals surface area contributed by atoms with Gasteiger partial charge in [0.15, 0.2) is 12.4 Å². The number of rotatable bonds is 45. The Hall–Kier alpha value is -2.48. The fraction of sp³-hybridized carbons (Fsp3) is 0.873. The van der Waals surface area contributed by atoms with Crippen molar-refractivity contribution in [3.8, 4) is 0 Å². The third kappa shape index (κ3) is 31.9. The van der Waals surface area contributed by atoms with Crippen LogP contribution in [-0.2, 0) is 37.5 Å². The molecule has 2 fully saturated rings. The lowest BCUT2D eigenvalue weighted by Gasteiger charge is -2.48. The van der Waals surface area contributed by atoms with Crippen LogP contribution in [0.25, 0.3) is 0 Å². The van der Waals surface area contributed by atoms with Crippen LogP contribution in [0.1, 0.15) is 200 Å². The van der Waals surface area contributed by atoms with Crippen molar-refractivity contribution in [1.29, 1.82) is 0 Å². The first-order valence-corrected chi connectivity index (χ1v) is 30.3. The topological polar surface area (TPSA) is 304 Å². The van der Waals surface area contributed by atoms with Gasteiger partial charge in [0.2, 0.25) is 11.2 Å². The van der Waals surface area contributed by atoms with Crippen LogP contribution in [0.5, 0.6) is 0 Å². The van der Waals surface area contributed by atoms with E-state index in [1.54, 1.807) is 4.90 Å². The molecule has 0 aromatic carbocycles. The smallest absolute Gasteiger partial charge is 0.407 e. The molecule has 0 saturated carbocycles. The molecule has 0 bridgehead atoms.